The van der Waals surface area contributed by atoms with E-state index in [4.69, 9.17) is 5.73 Å². The van der Waals surface area contributed by atoms with E-state index in [0.29, 0.717) is 11.3 Å². The first-order valence-electron chi connectivity index (χ1n) is 9.68. The van der Waals surface area contributed by atoms with E-state index < -0.39 is 11.7 Å². The van der Waals surface area contributed by atoms with E-state index in [0.717, 1.165) is 19.0 Å². The summed E-state index contributed by atoms with van der Waals surface area (Å²) in [6.45, 7) is 8.78. The van der Waals surface area contributed by atoms with Gasteiger partial charge in [-0.15, -0.1) is 0 Å². The van der Waals surface area contributed by atoms with Crippen LogP contribution in [0.4, 0.5) is 21.8 Å². The number of hydrogen-bond donors (Lipinski definition) is 3. The van der Waals surface area contributed by atoms with E-state index in [1.54, 1.807) is 24.3 Å². The molecule has 0 atom stereocenters. The Morgan fingerprint density at radius 1 is 1.17 bits per heavy atom. The predicted octanol–water partition coefficient (Wildman–Crippen LogP) is 3.52. The number of anilines is 3. The molecule has 4 N–H and O–H groups in total. The Labute approximate surface area is 170 Å². The second-order valence-electron chi connectivity index (χ2n) is 8.89. The van der Waals surface area contributed by atoms with Crippen molar-refractivity contribution in [1.82, 2.24) is 14.9 Å². The lowest BCUT2D eigenvalue weighted by molar-refractivity contribution is -0.00778. The quantitative estimate of drug-likeness (QED) is 0.711. The molecule has 1 amide bonds. The molecular weight excluding hydrogens is 371 g/mol. The van der Waals surface area contributed by atoms with Crippen molar-refractivity contribution in [2.45, 2.75) is 57.7 Å². The molecule has 1 aromatic heterocycles. The normalized spacial score (nSPS) is 19.0. The van der Waals surface area contributed by atoms with Gasteiger partial charge in [-0.2, -0.15) is 4.98 Å². The number of rotatable bonds is 5. The molecule has 0 spiro atoms. The number of nitrogens with one attached hydrogen (secondary N) is 2. The molecule has 0 aliphatic carbocycles. The molecular formula is C21H29FN6O. The van der Waals surface area contributed by atoms with Crippen LogP contribution < -0.4 is 16.4 Å². The summed E-state index contributed by atoms with van der Waals surface area (Å²) >= 11 is 0. The Balaban J connectivity index is 1.76. The van der Waals surface area contributed by atoms with Crippen molar-refractivity contribution >= 4 is 23.4 Å². The van der Waals surface area contributed by atoms with Crippen molar-refractivity contribution < 1.29 is 9.18 Å². The lowest BCUT2D eigenvalue weighted by atomic mass is 9.77. The highest BCUT2D eigenvalue weighted by Gasteiger charge is 2.43. The maximum Gasteiger partial charge on any atom is 0.248 e. The van der Waals surface area contributed by atoms with Crippen molar-refractivity contribution in [3.8, 4) is 0 Å². The molecule has 1 saturated heterocycles. The van der Waals surface area contributed by atoms with Gasteiger partial charge in [-0.25, -0.2) is 9.37 Å². The van der Waals surface area contributed by atoms with Gasteiger partial charge in [0.15, 0.2) is 11.6 Å². The van der Waals surface area contributed by atoms with Crippen LogP contribution in [-0.4, -0.2) is 44.9 Å². The SMILES string of the molecule is CN1C(C)(C)CC(Nc2nc(Nc3ccc(C(N)=O)cc3)ncc2F)CC1(C)C. The molecule has 29 heavy (non-hydrogen) atoms. The Bertz CT molecular complexity index is 879. The third-order valence-corrected chi connectivity index (χ3v) is 5.82. The first-order chi connectivity index (χ1) is 13.5. The van der Waals surface area contributed by atoms with Gasteiger partial charge in [0.1, 0.15) is 0 Å². The van der Waals surface area contributed by atoms with Gasteiger partial charge in [-0.3, -0.25) is 9.69 Å². The third kappa shape index (κ3) is 4.64. The number of aromatic nitrogens is 2. The number of hydrogen-bond acceptors (Lipinski definition) is 6. The van der Waals surface area contributed by atoms with E-state index in [9.17, 15) is 9.18 Å². The first-order valence-corrected chi connectivity index (χ1v) is 9.68. The number of carbonyl (C=O) groups excluding carboxylic acids is 1. The number of benzene rings is 1. The smallest absolute Gasteiger partial charge is 0.248 e. The van der Waals surface area contributed by atoms with Crippen LogP contribution in [0.3, 0.4) is 0 Å². The molecule has 156 valence electrons. The van der Waals surface area contributed by atoms with Gasteiger partial charge < -0.3 is 16.4 Å². The van der Waals surface area contributed by atoms with Crippen molar-refractivity contribution in [3.63, 3.8) is 0 Å². The number of halogens is 1. The fraction of sp³-hybridized carbons (Fsp3) is 0.476. The minimum absolute atomic E-state index is 0.0217. The standard InChI is InChI=1S/C21H29FN6O/c1-20(2)10-15(11-21(3,4)28(20)5)25-18-16(22)12-24-19(27-18)26-14-8-6-13(7-9-14)17(23)29/h6-9,12,15H,10-11H2,1-5H3,(H2,23,29)(H2,24,25,26,27). The Morgan fingerprint density at radius 2 is 1.76 bits per heavy atom. The average molecular weight is 401 g/mol. The van der Waals surface area contributed by atoms with Crippen molar-refractivity contribution in [2.24, 2.45) is 5.73 Å². The number of carbonyl (C=O) groups is 1. The fourth-order valence-corrected chi connectivity index (χ4v) is 4.04. The summed E-state index contributed by atoms with van der Waals surface area (Å²) in [6.07, 6.45) is 2.89. The van der Waals surface area contributed by atoms with E-state index in [-0.39, 0.29) is 28.9 Å². The van der Waals surface area contributed by atoms with Gasteiger partial charge >= 0.3 is 0 Å². The molecule has 8 heteroatoms. The number of piperidine rings is 1. The summed E-state index contributed by atoms with van der Waals surface area (Å²) in [5.74, 6) is -0.538. The van der Waals surface area contributed by atoms with Gasteiger partial charge in [0, 0.05) is 28.4 Å². The zero-order valence-corrected chi connectivity index (χ0v) is 17.6. The van der Waals surface area contributed by atoms with Crippen LogP contribution in [0.1, 0.15) is 50.9 Å². The first kappa shape index (κ1) is 21.0. The highest BCUT2D eigenvalue weighted by atomic mass is 19.1. The second kappa shape index (κ2) is 7.59. The zero-order chi connectivity index (χ0) is 21.4. The van der Waals surface area contributed by atoms with Crippen molar-refractivity contribution in [3.05, 3.63) is 41.8 Å². The zero-order valence-electron chi connectivity index (χ0n) is 17.6. The minimum atomic E-state index is -0.495. The van der Waals surface area contributed by atoms with Crippen LogP contribution in [-0.2, 0) is 0 Å². The predicted molar refractivity (Wildman–Crippen MR) is 113 cm³/mol. The molecule has 1 aliphatic rings. The van der Waals surface area contributed by atoms with E-state index in [1.807, 2.05) is 0 Å². The topological polar surface area (TPSA) is 96.2 Å². The number of amides is 1. The lowest BCUT2D eigenvalue weighted by Gasteiger charge is -2.53. The summed E-state index contributed by atoms with van der Waals surface area (Å²) in [5.41, 5.74) is 6.29. The molecule has 0 saturated carbocycles. The van der Waals surface area contributed by atoms with Crippen LogP contribution in [0.15, 0.2) is 30.5 Å². The summed E-state index contributed by atoms with van der Waals surface area (Å²) in [7, 11) is 2.13. The summed E-state index contributed by atoms with van der Waals surface area (Å²) < 4.78 is 14.4. The van der Waals surface area contributed by atoms with E-state index >= 15 is 0 Å². The lowest BCUT2D eigenvalue weighted by Crippen LogP contribution is -2.61. The molecule has 1 aliphatic heterocycles. The van der Waals surface area contributed by atoms with Crippen LogP contribution in [0.2, 0.25) is 0 Å². The van der Waals surface area contributed by atoms with Gasteiger partial charge in [-0.05, 0) is 71.8 Å². The fourth-order valence-electron chi connectivity index (χ4n) is 4.04. The van der Waals surface area contributed by atoms with Gasteiger partial charge in [0.25, 0.3) is 0 Å². The van der Waals surface area contributed by atoms with Gasteiger partial charge in [-0.1, -0.05) is 0 Å². The monoisotopic (exact) mass is 400 g/mol. The number of nitrogens with zero attached hydrogens (tertiary/aromatic N) is 3. The Morgan fingerprint density at radius 3 is 2.31 bits per heavy atom. The van der Waals surface area contributed by atoms with Crippen molar-refractivity contribution in [1.29, 1.82) is 0 Å². The molecule has 1 aromatic carbocycles. The molecule has 2 heterocycles. The molecule has 7 nitrogen and oxygen atoms in total. The summed E-state index contributed by atoms with van der Waals surface area (Å²) in [4.78, 5) is 21.9. The Hall–Kier alpha value is -2.74. The van der Waals surface area contributed by atoms with Crippen LogP contribution in [0.5, 0.6) is 0 Å². The number of primary amides is 1. The molecule has 2 aromatic rings. The minimum Gasteiger partial charge on any atom is -0.366 e. The maximum atomic E-state index is 14.4. The van der Waals surface area contributed by atoms with Gasteiger partial charge in [0.05, 0.1) is 6.20 Å². The maximum absolute atomic E-state index is 14.4. The number of nitrogens with two attached hydrogens (primary N) is 1. The highest BCUT2D eigenvalue weighted by molar-refractivity contribution is 5.93. The molecule has 0 unspecified atom stereocenters. The third-order valence-electron chi connectivity index (χ3n) is 5.82. The van der Waals surface area contributed by atoms with E-state index in [1.165, 1.54) is 0 Å². The second-order valence-corrected chi connectivity index (χ2v) is 8.89. The molecule has 0 radical (unpaired) electrons. The Kier molecular flexibility index (Phi) is 5.49. The van der Waals surface area contributed by atoms with Crippen LogP contribution >= 0.6 is 0 Å². The summed E-state index contributed by atoms with van der Waals surface area (Å²) in [5, 5.41) is 6.30. The van der Waals surface area contributed by atoms with Crippen LogP contribution in [0, 0.1) is 5.82 Å². The summed E-state index contributed by atoms with van der Waals surface area (Å²) in [6, 6.07) is 6.69. The molecule has 0 bridgehead atoms. The van der Waals surface area contributed by atoms with Crippen molar-refractivity contribution in [2.75, 3.05) is 17.7 Å². The molecule has 1 fully saturated rings. The van der Waals surface area contributed by atoms with Gasteiger partial charge in [0.2, 0.25) is 11.9 Å². The molecule has 3 rings (SSSR count). The van der Waals surface area contributed by atoms with Crippen LogP contribution in [0.25, 0.3) is 0 Å². The highest BCUT2D eigenvalue weighted by Crippen LogP contribution is 2.38. The number of likely N-dealkylation sites (tertiary alicyclic amines) is 1. The van der Waals surface area contributed by atoms with E-state index in [2.05, 4.69) is 60.2 Å². The largest absolute Gasteiger partial charge is 0.366 e. The average Bonchev–Trinajstić information content (AvgIpc) is 2.62.